The molecule has 0 aliphatic carbocycles. The highest BCUT2D eigenvalue weighted by atomic mass is 16.5. The molecule has 8 heteroatoms. The van der Waals surface area contributed by atoms with Crippen molar-refractivity contribution < 1.29 is 28.6 Å². The number of anilines is 1. The molecule has 3 rings (SSSR count). The van der Waals surface area contributed by atoms with Crippen LogP contribution in [0.25, 0.3) is 6.08 Å². The van der Waals surface area contributed by atoms with Crippen molar-refractivity contribution >= 4 is 29.6 Å². The monoisotopic (exact) mass is 396 g/mol. The Hall–Kier alpha value is -3.81. The van der Waals surface area contributed by atoms with E-state index in [2.05, 4.69) is 5.32 Å². The fourth-order valence-electron chi connectivity index (χ4n) is 2.98. The van der Waals surface area contributed by atoms with Crippen LogP contribution in [0.15, 0.2) is 42.0 Å². The van der Waals surface area contributed by atoms with Crippen molar-refractivity contribution in [3.8, 4) is 17.2 Å². The molecule has 4 amide bonds. The second kappa shape index (κ2) is 8.05. The minimum atomic E-state index is -0.805. The average Bonchev–Trinajstić information content (AvgIpc) is 2.71. The summed E-state index contributed by atoms with van der Waals surface area (Å²) in [4.78, 5) is 38.6. The van der Waals surface area contributed by atoms with Gasteiger partial charge < -0.3 is 14.2 Å². The van der Waals surface area contributed by atoms with Crippen LogP contribution in [0.3, 0.4) is 0 Å². The number of carbonyl (C=O) groups excluding carboxylic acids is 3. The van der Waals surface area contributed by atoms with E-state index in [1.807, 2.05) is 6.92 Å². The maximum absolute atomic E-state index is 13.0. The highest BCUT2D eigenvalue weighted by Crippen LogP contribution is 2.40. The quantitative estimate of drug-likeness (QED) is 0.617. The largest absolute Gasteiger partial charge is 0.493 e. The fraction of sp³-hybridized carbons (Fsp3) is 0.190. The maximum atomic E-state index is 13.0. The molecule has 0 aromatic heterocycles. The van der Waals surface area contributed by atoms with Crippen molar-refractivity contribution in [2.45, 2.75) is 6.92 Å². The fourth-order valence-corrected chi connectivity index (χ4v) is 2.98. The first-order chi connectivity index (χ1) is 13.9. The molecule has 1 heterocycles. The molecule has 1 aliphatic heterocycles. The topological polar surface area (TPSA) is 94.2 Å². The molecule has 150 valence electrons. The summed E-state index contributed by atoms with van der Waals surface area (Å²) in [7, 11) is 4.37. The molecule has 2 aromatic rings. The van der Waals surface area contributed by atoms with Crippen LogP contribution in [0, 0.1) is 6.92 Å². The molecule has 1 aliphatic rings. The Labute approximate surface area is 167 Å². The van der Waals surface area contributed by atoms with Gasteiger partial charge in [-0.1, -0.05) is 17.7 Å². The number of barbiturate groups is 1. The molecule has 2 aromatic carbocycles. The molecule has 0 bridgehead atoms. The summed E-state index contributed by atoms with van der Waals surface area (Å²) in [5, 5.41) is 2.19. The predicted molar refractivity (Wildman–Crippen MR) is 106 cm³/mol. The highest BCUT2D eigenvalue weighted by molar-refractivity contribution is 6.39. The third kappa shape index (κ3) is 3.64. The Morgan fingerprint density at radius 2 is 1.52 bits per heavy atom. The molecular formula is C21H20N2O6. The van der Waals surface area contributed by atoms with Crippen molar-refractivity contribution in [1.29, 1.82) is 0 Å². The average molecular weight is 396 g/mol. The number of hydrogen-bond acceptors (Lipinski definition) is 6. The zero-order chi connectivity index (χ0) is 21.1. The van der Waals surface area contributed by atoms with E-state index in [4.69, 9.17) is 14.2 Å². The lowest BCUT2D eigenvalue weighted by molar-refractivity contribution is -0.122. The number of rotatable bonds is 5. The summed E-state index contributed by atoms with van der Waals surface area (Å²) < 4.78 is 16.0. The molecule has 0 radical (unpaired) electrons. The van der Waals surface area contributed by atoms with Gasteiger partial charge in [0.2, 0.25) is 5.75 Å². The van der Waals surface area contributed by atoms with Crippen molar-refractivity contribution in [3.05, 3.63) is 53.1 Å². The van der Waals surface area contributed by atoms with Gasteiger partial charge in [-0.25, -0.2) is 9.69 Å². The van der Waals surface area contributed by atoms with Gasteiger partial charge in [0, 0.05) is 5.56 Å². The predicted octanol–water partition coefficient (Wildman–Crippen LogP) is 2.69. The van der Waals surface area contributed by atoms with Crippen molar-refractivity contribution in [2.75, 3.05) is 26.2 Å². The zero-order valence-corrected chi connectivity index (χ0v) is 16.4. The number of methoxy groups -OCH3 is 3. The first kappa shape index (κ1) is 19.9. The molecule has 1 fully saturated rings. The summed E-state index contributed by atoms with van der Waals surface area (Å²) in [5.74, 6) is -0.486. The van der Waals surface area contributed by atoms with E-state index in [1.54, 1.807) is 36.4 Å². The molecule has 0 unspecified atom stereocenters. The second-order valence-electron chi connectivity index (χ2n) is 6.22. The molecule has 0 atom stereocenters. The number of amides is 4. The van der Waals surface area contributed by atoms with Gasteiger partial charge in [0.25, 0.3) is 11.8 Å². The van der Waals surface area contributed by atoms with Gasteiger partial charge in [-0.05, 0) is 37.3 Å². The van der Waals surface area contributed by atoms with E-state index in [0.29, 0.717) is 28.5 Å². The third-order valence-corrected chi connectivity index (χ3v) is 4.43. The molecule has 1 saturated heterocycles. The third-order valence-electron chi connectivity index (χ3n) is 4.43. The van der Waals surface area contributed by atoms with Crippen LogP contribution in [0.1, 0.15) is 11.1 Å². The number of carbonyl (C=O) groups is 3. The normalized spacial score (nSPS) is 15.4. The number of urea groups is 1. The zero-order valence-electron chi connectivity index (χ0n) is 16.4. The van der Waals surface area contributed by atoms with Crippen molar-refractivity contribution in [1.82, 2.24) is 5.32 Å². The summed E-state index contributed by atoms with van der Waals surface area (Å²) in [6.45, 7) is 1.89. The number of aryl methyl sites for hydroxylation is 1. The van der Waals surface area contributed by atoms with Crippen LogP contribution in [0.4, 0.5) is 10.5 Å². The lowest BCUT2D eigenvalue weighted by Gasteiger charge is -2.26. The van der Waals surface area contributed by atoms with Gasteiger partial charge in [-0.2, -0.15) is 0 Å². The molecule has 29 heavy (non-hydrogen) atoms. The van der Waals surface area contributed by atoms with E-state index >= 15 is 0 Å². The molecule has 0 spiro atoms. The Balaban J connectivity index is 2.08. The first-order valence-corrected chi connectivity index (χ1v) is 8.68. The van der Waals surface area contributed by atoms with E-state index in [1.165, 1.54) is 27.4 Å². The van der Waals surface area contributed by atoms with Gasteiger partial charge in [0.05, 0.1) is 27.0 Å². The van der Waals surface area contributed by atoms with E-state index in [9.17, 15) is 14.4 Å². The second-order valence-corrected chi connectivity index (χ2v) is 6.22. The molecule has 8 nitrogen and oxygen atoms in total. The van der Waals surface area contributed by atoms with E-state index in [0.717, 1.165) is 10.5 Å². The van der Waals surface area contributed by atoms with Gasteiger partial charge >= 0.3 is 6.03 Å². The highest BCUT2D eigenvalue weighted by Gasteiger charge is 2.37. The van der Waals surface area contributed by atoms with E-state index in [-0.39, 0.29) is 5.57 Å². The van der Waals surface area contributed by atoms with Crippen molar-refractivity contribution in [3.63, 3.8) is 0 Å². The van der Waals surface area contributed by atoms with Gasteiger partial charge in [-0.3, -0.25) is 14.9 Å². The molecule has 1 N–H and O–H groups in total. The van der Waals surface area contributed by atoms with Gasteiger partial charge in [0.1, 0.15) is 5.57 Å². The minimum absolute atomic E-state index is 0.212. The maximum Gasteiger partial charge on any atom is 0.335 e. The first-order valence-electron chi connectivity index (χ1n) is 8.68. The van der Waals surface area contributed by atoms with E-state index < -0.39 is 17.8 Å². The summed E-state index contributed by atoms with van der Waals surface area (Å²) >= 11 is 0. The van der Waals surface area contributed by atoms with Crippen LogP contribution in [-0.2, 0) is 9.59 Å². The number of nitrogens with zero attached hydrogens (tertiary/aromatic N) is 1. The van der Waals surface area contributed by atoms with Crippen LogP contribution >= 0.6 is 0 Å². The van der Waals surface area contributed by atoms with Crippen LogP contribution in [0.5, 0.6) is 17.2 Å². The number of imide groups is 2. The van der Waals surface area contributed by atoms with Crippen molar-refractivity contribution in [2.24, 2.45) is 0 Å². The Kier molecular flexibility index (Phi) is 5.54. The summed E-state index contributed by atoms with van der Waals surface area (Å²) in [6, 6.07) is 9.26. The number of hydrogen-bond donors (Lipinski definition) is 1. The molecular weight excluding hydrogens is 376 g/mol. The van der Waals surface area contributed by atoms with Crippen LogP contribution in [0.2, 0.25) is 0 Å². The molecule has 0 saturated carbocycles. The minimum Gasteiger partial charge on any atom is -0.493 e. The SMILES string of the molecule is COc1ccc(/C=C2/C(=O)NC(=O)N(c3ccc(C)cc3)C2=O)c(OC)c1OC. The van der Waals surface area contributed by atoms with Crippen LogP contribution in [-0.4, -0.2) is 39.2 Å². The Morgan fingerprint density at radius 1 is 0.862 bits per heavy atom. The number of benzene rings is 2. The summed E-state index contributed by atoms with van der Waals surface area (Å²) in [6.07, 6.45) is 1.35. The standard InChI is InChI=1S/C21H20N2O6/c1-12-5-8-14(9-6-12)23-20(25)15(19(24)22-21(23)26)11-13-7-10-16(27-2)18(29-4)17(13)28-3/h5-11H,1-4H3,(H,22,24,26)/b15-11-. The number of ether oxygens (including phenoxy) is 3. The number of nitrogens with one attached hydrogen (secondary N) is 1. The summed E-state index contributed by atoms with van der Waals surface area (Å²) in [5.41, 5.74) is 1.54. The van der Waals surface area contributed by atoms with Crippen LogP contribution < -0.4 is 24.4 Å². The van der Waals surface area contributed by atoms with Gasteiger partial charge in [0.15, 0.2) is 11.5 Å². The lowest BCUT2D eigenvalue weighted by Crippen LogP contribution is -2.54. The Bertz CT molecular complexity index is 1010. The Morgan fingerprint density at radius 3 is 2.10 bits per heavy atom. The lowest BCUT2D eigenvalue weighted by atomic mass is 10.0. The smallest absolute Gasteiger partial charge is 0.335 e. The van der Waals surface area contributed by atoms with Gasteiger partial charge in [-0.15, -0.1) is 0 Å².